The highest BCUT2D eigenvalue weighted by Crippen LogP contribution is 2.43. The van der Waals surface area contributed by atoms with E-state index in [2.05, 4.69) is 21.9 Å². The van der Waals surface area contributed by atoms with Crippen molar-refractivity contribution in [1.29, 1.82) is 0 Å². The number of methoxy groups -OCH3 is 2. The van der Waals surface area contributed by atoms with Gasteiger partial charge in [-0.25, -0.2) is 4.98 Å². The number of hydrogen-bond donors (Lipinski definition) is 1. The van der Waals surface area contributed by atoms with Crippen molar-refractivity contribution in [3.05, 3.63) is 35.0 Å². The van der Waals surface area contributed by atoms with Crippen LogP contribution in [-0.4, -0.2) is 51.4 Å². The van der Waals surface area contributed by atoms with Gasteiger partial charge in [-0.3, -0.25) is 4.90 Å². The fraction of sp³-hybridized carbons (Fsp3) is 0.474. The van der Waals surface area contributed by atoms with E-state index in [1.54, 1.807) is 14.2 Å². The molecule has 1 aliphatic rings. The molecule has 0 amide bonds. The average Bonchev–Trinajstić information content (AvgIpc) is 3.27. The lowest BCUT2D eigenvalue weighted by Crippen LogP contribution is -2.40. The van der Waals surface area contributed by atoms with Gasteiger partial charge in [0, 0.05) is 6.04 Å². The largest absolute Gasteiger partial charge is 0.493 e. The standard InChI is InChI=1S/C19H24N4O3S/c1-12-6-4-5-9-22(12)16(13-7-8-14(25-2)15(10-13)26-3)17-18(24)23-19(27-17)20-11-21-23/h7-8,10-12,16,24H,4-6,9H2,1-3H3. The van der Waals surface area contributed by atoms with Gasteiger partial charge in [0.05, 0.1) is 25.1 Å². The van der Waals surface area contributed by atoms with Crippen LogP contribution >= 0.6 is 11.3 Å². The first-order chi connectivity index (χ1) is 13.1. The van der Waals surface area contributed by atoms with Gasteiger partial charge in [-0.15, -0.1) is 0 Å². The SMILES string of the molecule is COc1ccc(C(c2sc3ncnn3c2O)N2CCCCC2C)cc1OC. The van der Waals surface area contributed by atoms with Crippen molar-refractivity contribution in [3.8, 4) is 17.4 Å². The molecule has 2 atom stereocenters. The first kappa shape index (κ1) is 18.1. The summed E-state index contributed by atoms with van der Waals surface area (Å²) >= 11 is 1.48. The Kier molecular flexibility index (Phi) is 4.92. The Bertz CT molecular complexity index is 938. The molecule has 1 aromatic carbocycles. The summed E-state index contributed by atoms with van der Waals surface area (Å²) in [7, 11) is 3.27. The van der Waals surface area contributed by atoms with Crippen LogP contribution in [0.1, 0.15) is 42.7 Å². The van der Waals surface area contributed by atoms with E-state index < -0.39 is 0 Å². The Morgan fingerprint density at radius 1 is 1.22 bits per heavy atom. The minimum Gasteiger partial charge on any atom is -0.493 e. The van der Waals surface area contributed by atoms with Gasteiger partial charge in [0.25, 0.3) is 0 Å². The molecule has 3 aromatic rings. The molecule has 2 unspecified atom stereocenters. The van der Waals surface area contributed by atoms with Crippen LogP contribution in [0.25, 0.3) is 4.96 Å². The second kappa shape index (κ2) is 7.36. The number of fused-ring (bicyclic) bond motifs is 1. The van der Waals surface area contributed by atoms with Gasteiger partial charge in [-0.2, -0.15) is 9.61 Å². The van der Waals surface area contributed by atoms with Crippen LogP contribution in [0.15, 0.2) is 24.5 Å². The molecular weight excluding hydrogens is 364 g/mol. The lowest BCUT2D eigenvalue weighted by molar-refractivity contribution is 0.124. The van der Waals surface area contributed by atoms with E-state index >= 15 is 0 Å². The smallest absolute Gasteiger partial charge is 0.230 e. The summed E-state index contributed by atoms with van der Waals surface area (Å²) in [6.07, 6.45) is 4.99. The van der Waals surface area contributed by atoms with E-state index in [0.717, 1.165) is 29.8 Å². The van der Waals surface area contributed by atoms with Gasteiger partial charge in [0.1, 0.15) is 6.33 Å². The summed E-state index contributed by atoms with van der Waals surface area (Å²) in [6.45, 7) is 3.23. The number of thiazole rings is 1. The summed E-state index contributed by atoms with van der Waals surface area (Å²) in [6, 6.07) is 6.29. The molecule has 0 spiro atoms. The molecule has 0 saturated carbocycles. The molecule has 7 nitrogen and oxygen atoms in total. The topological polar surface area (TPSA) is 72.1 Å². The first-order valence-corrected chi connectivity index (χ1v) is 9.94. The summed E-state index contributed by atoms with van der Waals surface area (Å²) < 4.78 is 12.4. The maximum absolute atomic E-state index is 10.8. The normalized spacial score (nSPS) is 19.3. The molecule has 2 aromatic heterocycles. The van der Waals surface area contributed by atoms with Gasteiger partial charge in [0.2, 0.25) is 10.8 Å². The van der Waals surface area contributed by atoms with Gasteiger partial charge >= 0.3 is 0 Å². The predicted octanol–water partition coefficient (Wildman–Crippen LogP) is 3.48. The van der Waals surface area contributed by atoms with Gasteiger partial charge in [-0.1, -0.05) is 23.8 Å². The van der Waals surface area contributed by atoms with E-state index in [0.29, 0.717) is 22.5 Å². The van der Waals surface area contributed by atoms with Crippen LogP contribution in [0.4, 0.5) is 0 Å². The molecule has 0 aliphatic carbocycles. The lowest BCUT2D eigenvalue weighted by Gasteiger charge is -2.39. The number of rotatable bonds is 5. The maximum atomic E-state index is 10.8. The number of hydrogen-bond acceptors (Lipinski definition) is 7. The molecule has 1 aliphatic heterocycles. The number of aromatic hydroxyl groups is 1. The Labute approximate surface area is 162 Å². The minimum absolute atomic E-state index is 0.0893. The molecule has 4 rings (SSSR count). The predicted molar refractivity (Wildman–Crippen MR) is 104 cm³/mol. The monoisotopic (exact) mass is 388 g/mol. The summed E-state index contributed by atoms with van der Waals surface area (Å²) in [5.41, 5.74) is 1.06. The Balaban J connectivity index is 1.85. The fourth-order valence-electron chi connectivity index (χ4n) is 3.89. The van der Waals surface area contributed by atoms with Crippen molar-refractivity contribution in [2.24, 2.45) is 0 Å². The molecule has 0 bridgehead atoms. The van der Waals surface area contributed by atoms with Gasteiger partial charge in [-0.05, 0) is 44.0 Å². The van der Waals surface area contributed by atoms with Crippen molar-refractivity contribution < 1.29 is 14.6 Å². The Morgan fingerprint density at radius 3 is 2.74 bits per heavy atom. The zero-order valence-corrected chi connectivity index (χ0v) is 16.6. The third-order valence-electron chi connectivity index (χ3n) is 5.30. The molecule has 8 heteroatoms. The molecule has 27 heavy (non-hydrogen) atoms. The van der Waals surface area contributed by atoms with Crippen molar-refractivity contribution in [2.75, 3.05) is 20.8 Å². The van der Waals surface area contributed by atoms with E-state index in [1.807, 2.05) is 18.2 Å². The van der Waals surface area contributed by atoms with Crippen LogP contribution < -0.4 is 9.47 Å². The number of ether oxygens (including phenoxy) is 2. The summed E-state index contributed by atoms with van der Waals surface area (Å²) in [5, 5.41) is 15.0. The maximum Gasteiger partial charge on any atom is 0.230 e. The molecule has 1 fully saturated rings. The van der Waals surface area contributed by atoms with Gasteiger partial charge in [0.15, 0.2) is 11.5 Å². The van der Waals surface area contributed by atoms with E-state index in [4.69, 9.17) is 9.47 Å². The van der Waals surface area contributed by atoms with Crippen LogP contribution in [0.2, 0.25) is 0 Å². The second-order valence-electron chi connectivity index (χ2n) is 6.84. The van der Waals surface area contributed by atoms with Crippen LogP contribution in [-0.2, 0) is 0 Å². The number of piperidine rings is 1. The zero-order valence-electron chi connectivity index (χ0n) is 15.8. The number of likely N-dealkylation sites (tertiary alicyclic amines) is 1. The average molecular weight is 388 g/mol. The molecular formula is C19H24N4O3S. The third kappa shape index (κ3) is 3.12. The third-order valence-corrected chi connectivity index (χ3v) is 6.38. The number of benzene rings is 1. The highest BCUT2D eigenvalue weighted by atomic mass is 32.1. The lowest BCUT2D eigenvalue weighted by atomic mass is 9.96. The van der Waals surface area contributed by atoms with E-state index in [-0.39, 0.29) is 11.9 Å². The van der Waals surface area contributed by atoms with Crippen molar-refractivity contribution in [1.82, 2.24) is 19.5 Å². The highest BCUT2D eigenvalue weighted by molar-refractivity contribution is 7.17. The molecule has 3 heterocycles. The molecule has 144 valence electrons. The van der Waals surface area contributed by atoms with Crippen LogP contribution in [0.3, 0.4) is 0 Å². The highest BCUT2D eigenvalue weighted by Gasteiger charge is 2.33. The first-order valence-electron chi connectivity index (χ1n) is 9.13. The van der Waals surface area contributed by atoms with Crippen molar-refractivity contribution in [3.63, 3.8) is 0 Å². The molecule has 1 N–H and O–H groups in total. The van der Waals surface area contributed by atoms with Gasteiger partial charge < -0.3 is 14.6 Å². The number of nitrogens with zero attached hydrogens (tertiary/aromatic N) is 4. The molecule has 1 saturated heterocycles. The van der Waals surface area contributed by atoms with Crippen LogP contribution in [0, 0.1) is 0 Å². The second-order valence-corrected chi connectivity index (χ2v) is 7.85. The number of aromatic nitrogens is 3. The quantitative estimate of drug-likeness (QED) is 0.721. The summed E-state index contributed by atoms with van der Waals surface area (Å²) in [4.78, 5) is 8.25. The fourth-order valence-corrected chi connectivity index (χ4v) is 4.97. The summed E-state index contributed by atoms with van der Waals surface area (Å²) in [5.74, 6) is 1.53. The Morgan fingerprint density at radius 2 is 2.04 bits per heavy atom. The zero-order chi connectivity index (χ0) is 19.0. The van der Waals surface area contributed by atoms with E-state index in [9.17, 15) is 5.11 Å². The van der Waals surface area contributed by atoms with Crippen molar-refractivity contribution in [2.45, 2.75) is 38.3 Å². The molecule has 0 radical (unpaired) electrons. The Hall–Kier alpha value is -2.32. The van der Waals surface area contributed by atoms with Crippen molar-refractivity contribution >= 4 is 16.3 Å². The van der Waals surface area contributed by atoms with Crippen LogP contribution in [0.5, 0.6) is 17.4 Å². The minimum atomic E-state index is -0.0893. The van der Waals surface area contributed by atoms with E-state index in [1.165, 1.54) is 28.6 Å².